The van der Waals surface area contributed by atoms with E-state index in [0.29, 0.717) is 36.9 Å². The number of carbonyl (C=O) groups is 1. The van der Waals surface area contributed by atoms with Gasteiger partial charge in [0, 0.05) is 17.6 Å². The highest BCUT2D eigenvalue weighted by molar-refractivity contribution is 6.40. The lowest BCUT2D eigenvalue weighted by atomic mass is 9.72. The van der Waals surface area contributed by atoms with Crippen LogP contribution in [0, 0.1) is 11.7 Å². The molecule has 1 aromatic rings. The SMILES string of the molecule is CC1(C)CCCN1Cc1cc2c(cc1F)C[C@H](CCCB(O)O)[C@]2(C)C(=O)O. The van der Waals surface area contributed by atoms with Crippen LogP contribution in [0.15, 0.2) is 12.1 Å². The summed E-state index contributed by atoms with van der Waals surface area (Å²) in [6, 6.07) is 3.30. The molecule has 0 spiro atoms. The third-order valence-corrected chi connectivity index (χ3v) is 7.01. The van der Waals surface area contributed by atoms with Crippen LogP contribution in [-0.4, -0.2) is 45.2 Å². The Balaban J connectivity index is 1.88. The summed E-state index contributed by atoms with van der Waals surface area (Å²) in [5.74, 6) is -1.35. The van der Waals surface area contributed by atoms with Crippen molar-refractivity contribution in [2.75, 3.05) is 6.54 Å². The second-order valence-electron chi connectivity index (χ2n) is 9.26. The first kappa shape index (κ1) is 21.3. The molecule has 0 saturated carbocycles. The van der Waals surface area contributed by atoms with Gasteiger partial charge in [-0.05, 0) is 82.4 Å². The lowest BCUT2D eigenvalue weighted by Crippen LogP contribution is -2.38. The van der Waals surface area contributed by atoms with Crippen LogP contribution in [0.3, 0.4) is 0 Å². The van der Waals surface area contributed by atoms with Gasteiger partial charge in [0.25, 0.3) is 0 Å². The van der Waals surface area contributed by atoms with Crippen molar-refractivity contribution in [3.8, 4) is 0 Å². The number of hydrogen-bond acceptors (Lipinski definition) is 4. The number of likely N-dealkylation sites (tertiary alicyclic amines) is 1. The fraction of sp³-hybridized carbons (Fsp3) is 0.667. The zero-order valence-electron chi connectivity index (χ0n) is 17.0. The molecular weight excluding hydrogens is 360 g/mol. The first-order valence-electron chi connectivity index (χ1n) is 10.2. The predicted octanol–water partition coefficient (Wildman–Crippen LogP) is 2.97. The third kappa shape index (κ3) is 3.84. The van der Waals surface area contributed by atoms with Gasteiger partial charge in [-0.1, -0.05) is 12.5 Å². The second-order valence-corrected chi connectivity index (χ2v) is 9.26. The maximum Gasteiger partial charge on any atom is 0.451 e. The van der Waals surface area contributed by atoms with Crippen LogP contribution < -0.4 is 0 Å². The first-order valence-corrected chi connectivity index (χ1v) is 10.2. The van der Waals surface area contributed by atoms with E-state index in [1.807, 2.05) is 0 Å². The average molecular weight is 391 g/mol. The molecule has 0 bridgehead atoms. The van der Waals surface area contributed by atoms with Gasteiger partial charge in [0.1, 0.15) is 5.82 Å². The summed E-state index contributed by atoms with van der Waals surface area (Å²) in [6.07, 6.45) is 3.97. The molecule has 5 nitrogen and oxygen atoms in total. The lowest BCUT2D eigenvalue weighted by Gasteiger charge is -2.32. The van der Waals surface area contributed by atoms with E-state index in [1.54, 1.807) is 13.0 Å². The molecule has 0 unspecified atom stereocenters. The van der Waals surface area contributed by atoms with Gasteiger partial charge >= 0.3 is 13.1 Å². The van der Waals surface area contributed by atoms with E-state index in [2.05, 4.69) is 18.7 Å². The molecule has 0 amide bonds. The molecule has 1 heterocycles. The van der Waals surface area contributed by atoms with Crippen LogP contribution in [0.25, 0.3) is 0 Å². The summed E-state index contributed by atoms with van der Waals surface area (Å²) in [5.41, 5.74) is 0.977. The monoisotopic (exact) mass is 391 g/mol. The Hall–Kier alpha value is -1.44. The van der Waals surface area contributed by atoms with Crippen molar-refractivity contribution in [3.63, 3.8) is 0 Å². The average Bonchev–Trinajstić information content (AvgIpc) is 3.06. The smallest absolute Gasteiger partial charge is 0.451 e. The Morgan fingerprint density at radius 1 is 1.32 bits per heavy atom. The fourth-order valence-electron chi connectivity index (χ4n) is 5.01. The molecule has 3 rings (SSSR count). The molecule has 28 heavy (non-hydrogen) atoms. The Kier molecular flexibility index (Phi) is 5.90. The topological polar surface area (TPSA) is 81.0 Å². The standard InChI is InChI=1S/C21H31BFNO4/c1-20(2)7-5-9-24(20)13-15-11-17-14(12-18(15)23)10-16(6-4-8-22(27)28)21(17,3)19(25)26/h11-12,16,27-28H,4-10,13H2,1-3H3,(H,25,26)/t16-,21-/m0/s1. The summed E-state index contributed by atoms with van der Waals surface area (Å²) >= 11 is 0. The number of halogens is 1. The van der Waals surface area contributed by atoms with Crippen molar-refractivity contribution in [1.29, 1.82) is 0 Å². The molecule has 1 aliphatic carbocycles. The third-order valence-electron chi connectivity index (χ3n) is 7.01. The predicted molar refractivity (Wildman–Crippen MR) is 107 cm³/mol. The van der Waals surface area contributed by atoms with E-state index in [1.165, 1.54) is 6.07 Å². The number of carboxylic acid groups (broad SMARTS) is 1. The van der Waals surface area contributed by atoms with Crippen LogP contribution in [0.1, 0.15) is 63.1 Å². The van der Waals surface area contributed by atoms with Crippen LogP contribution in [0.5, 0.6) is 0 Å². The van der Waals surface area contributed by atoms with Crippen molar-refractivity contribution >= 4 is 13.1 Å². The van der Waals surface area contributed by atoms with Gasteiger partial charge < -0.3 is 15.2 Å². The Labute approximate surface area is 166 Å². The van der Waals surface area contributed by atoms with Crippen molar-refractivity contribution in [3.05, 3.63) is 34.6 Å². The van der Waals surface area contributed by atoms with Gasteiger partial charge in [0.15, 0.2) is 0 Å². The summed E-state index contributed by atoms with van der Waals surface area (Å²) in [6.45, 7) is 7.47. The highest BCUT2D eigenvalue weighted by atomic mass is 19.1. The first-order chi connectivity index (χ1) is 13.1. The largest absolute Gasteiger partial charge is 0.481 e. The number of nitrogens with zero attached hydrogens (tertiary/aromatic N) is 1. The Bertz CT molecular complexity index is 754. The van der Waals surface area contributed by atoms with Gasteiger partial charge in [-0.2, -0.15) is 0 Å². The molecule has 1 saturated heterocycles. The maximum atomic E-state index is 14.8. The summed E-state index contributed by atoms with van der Waals surface area (Å²) in [4.78, 5) is 14.5. The second kappa shape index (κ2) is 7.77. The van der Waals surface area contributed by atoms with Gasteiger partial charge in [0.05, 0.1) is 5.41 Å². The van der Waals surface area contributed by atoms with Gasteiger partial charge in [-0.25, -0.2) is 4.39 Å². The molecule has 0 aromatic heterocycles. The highest BCUT2D eigenvalue weighted by Crippen LogP contribution is 2.47. The maximum absolute atomic E-state index is 14.8. The Morgan fingerprint density at radius 2 is 2.04 bits per heavy atom. The molecular formula is C21H31BFNO4. The van der Waals surface area contributed by atoms with E-state index in [9.17, 15) is 14.3 Å². The van der Waals surface area contributed by atoms with Crippen molar-refractivity contribution < 1.29 is 24.3 Å². The van der Waals surface area contributed by atoms with E-state index in [4.69, 9.17) is 10.0 Å². The van der Waals surface area contributed by atoms with Gasteiger partial charge in [-0.3, -0.25) is 9.69 Å². The fourth-order valence-corrected chi connectivity index (χ4v) is 5.01. The minimum Gasteiger partial charge on any atom is -0.481 e. The molecule has 7 heteroatoms. The number of rotatable bonds is 7. The molecule has 2 aliphatic rings. The van der Waals surface area contributed by atoms with E-state index < -0.39 is 18.5 Å². The lowest BCUT2D eigenvalue weighted by molar-refractivity contribution is -0.145. The molecule has 154 valence electrons. The molecule has 1 aliphatic heterocycles. The zero-order valence-corrected chi connectivity index (χ0v) is 17.0. The summed E-state index contributed by atoms with van der Waals surface area (Å²) in [5, 5.41) is 28.2. The van der Waals surface area contributed by atoms with Crippen molar-refractivity contribution in [2.45, 2.75) is 76.7 Å². The van der Waals surface area contributed by atoms with E-state index >= 15 is 0 Å². The summed E-state index contributed by atoms with van der Waals surface area (Å²) < 4.78 is 14.8. The summed E-state index contributed by atoms with van der Waals surface area (Å²) in [7, 11) is -1.38. The minimum absolute atomic E-state index is 0.0230. The molecule has 1 fully saturated rings. The van der Waals surface area contributed by atoms with E-state index in [-0.39, 0.29) is 23.6 Å². The zero-order chi connectivity index (χ0) is 20.7. The van der Waals surface area contributed by atoms with Crippen LogP contribution in [-0.2, 0) is 23.2 Å². The van der Waals surface area contributed by atoms with E-state index in [0.717, 1.165) is 24.9 Å². The number of carboxylic acids is 1. The molecule has 3 N–H and O–H groups in total. The van der Waals surface area contributed by atoms with Gasteiger partial charge in [-0.15, -0.1) is 0 Å². The quantitative estimate of drug-likeness (QED) is 0.623. The number of benzene rings is 1. The molecule has 0 radical (unpaired) electrons. The normalized spacial score (nSPS) is 26.4. The highest BCUT2D eigenvalue weighted by Gasteiger charge is 2.49. The van der Waals surface area contributed by atoms with Crippen LogP contribution in [0.2, 0.25) is 6.32 Å². The Morgan fingerprint density at radius 3 is 2.61 bits per heavy atom. The van der Waals surface area contributed by atoms with Crippen LogP contribution >= 0.6 is 0 Å². The molecule has 2 atom stereocenters. The minimum atomic E-state index is -1.38. The number of fused-ring (bicyclic) bond motifs is 1. The van der Waals surface area contributed by atoms with Crippen molar-refractivity contribution in [2.24, 2.45) is 5.92 Å². The number of hydrogen-bond donors (Lipinski definition) is 3. The molecule has 1 aromatic carbocycles. The van der Waals surface area contributed by atoms with Crippen LogP contribution in [0.4, 0.5) is 4.39 Å². The number of aliphatic carboxylic acids is 1. The van der Waals surface area contributed by atoms with Gasteiger partial charge in [0.2, 0.25) is 0 Å². The van der Waals surface area contributed by atoms with Crippen molar-refractivity contribution in [1.82, 2.24) is 4.90 Å².